The Labute approximate surface area is 114 Å². The van der Waals surface area contributed by atoms with Gasteiger partial charge in [0.15, 0.2) is 9.84 Å². The molecule has 1 aromatic rings. The second-order valence-electron chi connectivity index (χ2n) is 4.75. The summed E-state index contributed by atoms with van der Waals surface area (Å²) >= 11 is 4.92. The highest BCUT2D eigenvalue weighted by atomic mass is 32.2. The van der Waals surface area contributed by atoms with Gasteiger partial charge in [-0.15, -0.1) is 0 Å². The normalized spacial score (nSPS) is 13.6. The first-order chi connectivity index (χ1) is 8.25. The van der Waals surface area contributed by atoms with Crippen molar-refractivity contribution in [2.75, 3.05) is 0 Å². The van der Waals surface area contributed by atoms with Crippen molar-refractivity contribution in [2.45, 2.75) is 37.3 Å². The van der Waals surface area contributed by atoms with Gasteiger partial charge in [0.25, 0.3) is 0 Å². The third-order valence-electron chi connectivity index (χ3n) is 2.90. The Morgan fingerprint density at radius 2 is 1.72 bits per heavy atom. The lowest BCUT2D eigenvalue weighted by atomic mass is 10.0. The highest BCUT2D eigenvalue weighted by Gasteiger charge is 2.18. The first-order valence-electron chi connectivity index (χ1n) is 5.87. The van der Waals surface area contributed by atoms with Gasteiger partial charge in [-0.25, -0.2) is 8.42 Å². The molecule has 1 rings (SSSR count). The summed E-state index contributed by atoms with van der Waals surface area (Å²) in [5.41, 5.74) is 6.60. The van der Waals surface area contributed by atoms with E-state index in [0.29, 0.717) is 9.88 Å². The van der Waals surface area contributed by atoms with Gasteiger partial charge in [-0.2, -0.15) is 0 Å². The standard InChI is InChI=1S/C13H19NO2S2/c1-9(2)18(15,16)12-6-4-11(5-7-12)8-10(3)13(14)17/h4-7,9-10H,8H2,1-3H3,(H2,14,17). The SMILES string of the molecule is CC(Cc1ccc(S(=O)(=O)C(C)C)cc1)C(N)=S. The van der Waals surface area contributed by atoms with Crippen molar-refractivity contribution in [1.29, 1.82) is 0 Å². The fourth-order valence-electron chi connectivity index (χ4n) is 1.54. The lowest BCUT2D eigenvalue weighted by Gasteiger charge is -2.11. The van der Waals surface area contributed by atoms with Gasteiger partial charge in [0.05, 0.1) is 15.1 Å². The molecule has 0 bridgehead atoms. The van der Waals surface area contributed by atoms with E-state index in [2.05, 4.69) is 0 Å². The van der Waals surface area contributed by atoms with Gasteiger partial charge in [0, 0.05) is 5.92 Å². The molecule has 5 heteroatoms. The summed E-state index contributed by atoms with van der Waals surface area (Å²) < 4.78 is 23.9. The monoisotopic (exact) mass is 285 g/mol. The van der Waals surface area contributed by atoms with Crippen molar-refractivity contribution in [2.24, 2.45) is 11.7 Å². The van der Waals surface area contributed by atoms with E-state index in [1.54, 1.807) is 26.0 Å². The van der Waals surface area contributed by atoms with Crippen LogP contribution in [0.2, 0.25) is 0 Å². The molecule has 0 fully saturated rings. The summed E-state index contributed by atoms with van der Waals surface area (Å²) in [6.07, 6.45) is 0.733. The maximum Gasteiger partial charge on any atom is 0.180 e. The molecule has 3 nitrogen and oxygen atoms in total. The maximum atomic E-state index is 11.9. The highest BCUT2D eigenvalue weighted by Crippen LogP contribution is 2.18. The fourth-order valence-corrected chi connectivity index (χ4v) is 2.68. The molecule has 1 atom stereocenters. The molecular formula is C13H19NO2S2. The van der Waals surface area contributed by atoms with Crippen LogP contribution in [0.4, 0.5) is 0 Å². The lowest BCUT2D eigenvalue weighted by molar-refractivity contribution is 0.587. The van der Waals surface area contributed by atoms with Crippen molar-refractivity contribution in [1.82, 2.24) is 0 Å². The predicted octanol–water partition coefficient (Wildman–Crippen LogP) is 2.33. The Bertz CT molecular complexity index is 518. The van der Waals surface area contributed by atoms with Gasteiger partial charge in [0.2, 0.25) is 0 Å². The molecule has 0 heterocycles. The molecule has 0 amide bonds. The van der Waals surface area contributed by atoms with E-state index >= 15 is 0 Å². The number of rotatable bonds is 5. The van der Waals surface area contributed by atoms with Crippen LogP contribution in [-0.4, -0.2) is 18.7 Å². The largest absolute Gasteiger partial charge is 0.393 e. The summed E-state index contributed by atoms with van der Waals surface area (Å²) in [5, 5.41) is -0.404. The zero-order chi connectivity index (χ0) is 13.9. The molecule has 100 valence electrons. The molecule has 0 aliphatic rings. The first kappa shape index (κ1) is 15.1. The Morgan fingerprint density at radius 1 is 1.22 bits per heavy atom. The zero-order valence-corrected chi connectivity index (χ0v) is 12.5. The Kier molecular flexibility index (Phi) is 4.87. The molecule has 0 aliphatic carbocycles. The average Bonchev–Trinajstić information content (AvgIpc) is 2.29. The molecular weight excluding hydrogens is 266 g/mol. The summed E-state index contributed by atoms with van der Waals surface area (Å²) in [5.74, 6) is 0.118. The van der Waals surface area contributed by atoms with E-state index < -0.39 is 15.1 Å². The minimum absolute atomic E-state index is 0.118. The van der Waals surface area contributed by atoms with E-state index in [9.17, 15) is 8.42 Å². The molecule has 0 radical (unpaired) electrons. The van der Waals surface area contributed by atoms with Crippen LogP contribution in [0.3, 0.4) is 0 Å². The zero-order valence-electron chi connectivity index (χ0n) is 10.9. The minimum Gasteiger partial charge on any atom is -0.393 e. The number of nitrogens with two attached hydrogens (primary N) is 1. The van der Waals surface area contributed by atoms with Crippen molar-refractivity contribution in [3.63, 3.8) is 0 Å². The van der Waals surface area contributed by atoms with Crippen LogP contribution in [0.1, 0.15) is 26.3 Å². The van der Waals surface area contributed by atoms with Crippen molar-refractivity contribution < 1.29 is 8.42 Å². The van der Waals surface area contributed by atoms with E-state index in [0.717, 1.165) is 12.0 Å². The van der Waals surface area contributed by atoms with Crippen LogP contribution >= 0.6 is 12.2 Å². The van der Waals surface area contributed by atoms with Crippen LogP contribution in [0.25, 0.3) is 0 Å². The van der Waals surface area contributed by atoms with E-state index in [-0.39, 0.29) is 5.92 Å². The number of hydrogen-bond donors (Lipinski definition) is 1. The van der Waals surface area contributed by atoms with Crippen molar-refractivity contribution in [3.8, 4) is 0 Å². The van der Waals surface area contributed by atoms with E-state index in [1.807, 2.05) is 19.1 Å². The molecule has 0 saturated carbocycles. The Morgan fingerprint density at radius 3 is 2.11 bits per heavy atom. The smallest absolute Gasteiger partial charge is 0.180 e. The van der Waals surface area contributed by atoms with Crippen LogP contribution in [0.5, 0.6) is 0 Å². The number of benzene rings is 1. The molecule has 1 unspecified atom stereocenters. The summed E-state index contributed by atoms with van der Waals surface area (Å²) in [6, 6.07) is 6.95. The molecule has 0 saturated heterocycles. The fraction of sp³-hybridized carbons (Fsp3) is 0.462. The predicted molar refractivity (Wildman–Crippen MR) is 78.4 cm³/mol. The van der Waals surface area contributed by atoms with Crippen LogP contribution in [-0.2, 0) is 16.3 Å². The van der Waals surface area contributed by atoms with Gasteiger partial charge in [-0.3, -0.25) is 0 Å². The summed E-state index contributed by atoms with van der Waals surface area (Å²) in [7, 11) is -3.19. The second-order valence-corrected chi connectivity index (χ2v) is 7.72. The molecule has 18 heavy (non-hydrogen) atoms. The molecule has 0 spiro atoms. The minimum atomic E-state index is -3.19. The lowest BCUT2D eigenvalue weighted by Crippen LogP contribution is -2.20. The summed E-state index contributed by atoms with van der Waals surface area (Å²) in [4.78, 5) is 0.845. The molecule has 0 aliphatic heterocycles. The van der Waals surface area contributed by atoms with Crippen LogP contribution in [0.15, 0.2) is 29.2 Å². The summed E-state index contributed by atoms with van der Waals surface area (Å²) in [6.45, 7) is 5.32. The quantitative estimate of drug-likeness (QED) is 0.844. The molecule has 1 aromatic carbocycles. The highest BCUT2D eigenvalue weighted by molar-refractivity contribution is 7.92. The van der Waals surface area contributed by atoms with Crippen molar-refractivity contribution in [3.05, 3.63) is 29.8 Å². The third kappa shape index (κ3) is 3.53. The van der Waals surface area contributed by atoms with E-state index in [1.165, 1.54) is 0 Å². The number of sulfone groups is 1. The number of thiocarbonyl (C=S) groups is 1. The van der Waals surface area contributed by atoms with Gasteiger partial charge >= 0.3 is 0 Å². The number of hydrogen-bond acceptors (Lipinski definition) is 3. The average molecular weight is 285 g/mol. The first-order valence-corrected chi connectivity index (χ1v) is 7.82. The second kappa shape index (κ2) is 5.80. The topological polar surface area (TPSA) is 60.2 Å². The Balaban J connectivity index is 2.91. The van der Waals surface area contributed by atoms with Gasteiger partial charge in [0.1, 0.15) is 0 Å². The van der Waals surface area contributed by atoms with E-state index in [4.69, 9.17) is 18.0 Å². The molecule has 2 N–H and O–H groups in total. The van der Waals surface area contributed by atoms with Gasteiger partial charge < -0.3 is 5.73 Å². The van der Waals surface area contributed by atoms with Crippen LogP contribution < -0.4 is 5.73 Å². The van der Waals surface area contributed by atoms with Crippen LogP contribution in [0, 0.1) is 5.92 Å². The third-order valence-corrected chi connectivity index (χ3v) is 5.47. The maximum absolute atomic E-state index is 11.9. The molecule has 0 aromatic heterocycles. The van der Waals surface area contributed by atoms with Gasteiger partial charge in [-0.05, 0) is 38.0 Å². The van der Waals surface area contributed by atoms with Crippen molar-refractivity contribution >= 4 is 27.0 Å². The van der Waals surface area contributed by atoms with Gasteiger partial charge in [-0.1, -0.05) is 31.3 Å². The Hall–Kier alpha value is -0.940.